The van der Waals surface area contributed by atoms with Crippen LogP contribution in [0.25, 0.3) is 11.1 Å². The minimum atomic E-state index is 0.883. The van der Waals surface area contributed by atoms with Crippen LogP contribution in [0.2, 0.25) is 0 Å². The van der Waals surface area contributed by atoms with Gasteiger partial charge in [0.25, 0.3) is 0 Å². The summed E-state index contributed by atoms with van der Waals surface area (Å²) in [6, 6.07) is 13.5. The third-order valence-corrected chi connectivity index (χ3v) is 3.97. The molecule has 0 nitrogen and oxygen atoms in total. The number of allylic oxidation sites excluding steroid dienone is 3. The Morgan fingerprint density at radius 2 is 1.45 bits per heavy atom. The van der Waals surface area contributed by atoms with Crippen LogP contribution in [0.4, 0.5) is 0 Å². The van der Waals surface area contributed by atoms with Gasteiger partial charge in [0, 0.05) is 0 Å². The second kappa shape index (κ2) is 7.64. The molecular formula is C22H24. The van der Waals surface area contributed by atoms with E-state index in [1.165, 1.54) is 33.4 Å². The largest absolute Gasteiger partial charge is 0.133 e. The zero-order valence-electron chi connectivity index (χ0n) is 13.8. The van der Waals surface area contributed by atoms with E-state index in [0.717, 1.165) is 12.8 Å². The molecule has 0 heteroatoms. The summed E-state index contributed by atoms with van der Waals surface area (Å²) in [4.78, 5) is 0. The minimum Gasteiger partial charge on any atom is -0.133 e. The summed E-state index contributed by atoms with van der Waals surface area (Å²) in [7, 11) is 0. The Hall–Kier alpha value is -2.30. The number of aryl methyl sites for hydroxylation is 2. The molecule has 0 fully saturated rings. The first-order chi connectivity index (χ1) is 10.7. The van der Waals surface area contributed by atoms with E-state index in [-0.39, 0.29) is 0 Å². The van der Waals surface area contributed by atoms with E-state index in [2.05, 4.69) is 81.6 Å². The molecule has 0 radical (unpaired) electrons. The molecule has 0 aliphatic rings. The topological polar surface area (TPSA) is 0 Å². The standard InChI is InChI=1S/C22H24/c1-5-7-9-19-13-11-17(3)21(15-19)22-16-20(10-8-6-2)14-12-18(22)4/h6-8,11-16H,1,9-10H2,2-4H3/b8-6+. The van der Waals surface area contributed by atoms with Crippen LogP contribution >= 0.6 is 0 Å². The Balaban J connectivity index is 2.47. The van der Waals surface area contributed by atoms with Gasteiger partial charge in [-0.25, -0.2) is 0 Å². The Labute approximate surface area is 134 Å². The molecule has 0 saturated carbocycles. The fourth-order valence-corrected chi connectivity index (χ4v) is 2.62. The highest BCUT2D eigenvalue weighted by Crippen LogP contribution is 2.29. The predicted molar refractivity (Wildman–Crippen MR) is 97.3 cm³/mol. The van der Waals surface area contributed by atoms with E-state index in [1.54, 1.807) is 0 Å². The molecule has 0 amide bonds. The lowest BCUT2D eigenvalue weighted by Gasteiger charge is -2.13. The number of hydrogen-bond acceptors (Lipinski definition) is 0. The molecule has 0 heterocycles. The lowest BCUT2D eigenvalue weighted by molar-refractivity contribution is 1.23. The molecule has 0 aliphatic carbocycles. The highest BCUT2D eigenvalue weighted by Gasteiger charge is 2.07. The smallest absolute Gasteiger partial charge is 0.00212 e. The first kappa shape index (κ1) is 16.1. The summed E-state index contributed by atoms with van der Waals surface area (Å²) in [5, 5.41) is 0. The van der Waals surface area contributed by atoms with Crippen LogP contribution in [-0.4, -0.2) is 0 Å². The van der Waals surface area contributed by atoms with E-state index in [4.69, 9.17) is 0 Å². The summed E-state index contributed by atoms with van der Waals surface area (Å²) in [5.74, 6) is 0. The van der Waals surface area contributed by atoms with Gasteiger partial charge in [-0.05, 0) is 73.1 Å². The Kier molecular flexibility index (Phi) is 5.58. The van der Waals surface area contributed by atoms with Crippen molar-refractivity contribution in [3.05, 3.63) is 89.2 Å². The fourth-order valence-electron chi connectivity index (χ4n) is 2.62. The van der Waals surface area contributed by atoms with Crippen molar-refractivity contribution in [3.63, 3.8) is 0 Å². The second-order valence-corrected chi connectivity index (χ2v) is 5.68. The zero-order valence-corrected chi connectivity index (χ0v) is 13.8. The van der Waals surface area contributed by atoms with Crippen molar-refractivity contribution in [1.82, 2.24) is 0 Å². The van der Waals surface area contributed by atoms with Gasteiger partial charge in [-0.1, -0.05) is 55.1 Å². The first-order valence-electron chi connectivity index (χ1n) is 7.80. The maximum Gasteiger partial charge on any atom is -0.00212 e. The van der Waals surface area contributed by atoms with Gasteiger partial charge in [0.15, 0.2) is 0 Å². The molecule has 0 aromatic heterocycles. The molecule has 0 bridgehead atoms. The highest BCUT2D eigenvalue weighted by atomic mass is 14.1. The van der Waals surface area contributed by atoms with Crippen LogP contribution in [0.5, 0.6) is 0 Å². The van der Waals surface area contributed by atoms with Crippen molar-refractivity contribution < 1.29 is 0 Å². The molecule has 22 heavy (non-hydrogen) atoms. The van der Waals surface area contributed by atoms with Crippen LogP contribution < -0.4 is 0 Å². The molecule has 2 rings (SSSR count). The molecule has 112 valence electrons. The number of hydrogen-bond donors (Lipinski definition) is 0. The lowest BCUT2D eigenvalue weighted by atomic mass is 9.92. The van der Waals surface area contributed by atoms with Gasteiger partial charge in [0.1, 0.15) is 0 Å². The van der Waals surface area contributed by atoms with Gasteiger partial charge in [-0.15, -0.1) is 5.73 Å². The lowest BCUT2D eigenvalue weighted by Crippen LogP contribution is -1.92. The van der Waals surface area contributed by atoms with Crippen molar-refractivity contribution in [3.8, 4) is 11.1 Å². The van der Waals surface area contributed by atoms with Gasteiger partial charge in [-0.3, -0.25) is 0 Å². The third-order valence-electron chi connectivity index (χ3n) is 3.97. The maximum absolute atomic E-state index is 3.64. The average molecular weight is 288 g/mol. The van der Waals surface area contributed by atoms with Crippen molar-refractivity contribution >= 4 is 0 Å². The predicted octanol–water partition coefficient (Wildman–Crippen LogP) is 5.97. The van der Waals surface area contributed by atoms with Gasteiger partial charge in [0.05, 0.1) is 0 Å². The van der Waals surface area contributed by atoms with Crippen molar-refractivity contribution in [2.45, 2.75) is 33.6 Å². The molecule has 0 aliphatic heterocycles. The minimum absolute atomic E-state index is 0.883. The van der Waals surface area contributed by atoms with Gasteiger partial charge in [0.2, 0.25) is 0 Å². The Bertz CT molecular complexity index is 726. The van der Waals surface area contributed by atoms with Crippen LogP contribution in [0, 0.1) is 13.8 Å². The Morgan fingerprint density at radius 1 is 0.909 bits per heavy atom. The molecular weight excluding hydrogens is 264 g/mol. The average Bonchev–Trinajstić information content (AvgIpc) is 2.53. The third kappa shape index (κ3) is 3.87. The van der Waals surface area contributed by atoms with E-state index >= 15 is 0 Å². The SMILES string of the molecule is C=C=CCc1ccc(C)c(-c2cc(C/C=C/C)ccc2C)c1. The van der Waals surface area contributed by atoms with Crippen molar-refractivity contribution in [2.24, 2.45) is 0 Å². The normalized spacial score (nSPS) is 10.7. The highest BCUT2D eigenvalue weighted by molar-refractivity contribution is 5.72. The van der Waals surface area contributed by atoms with Crippen LogP contribution in [0.15, 0.2) is 66.9 Å². The zero-order chi connectivity index (χ0) is 15.9. The molecule has 0 spiro atoms. The summed E-state index contributed by atoms with van der Waals surface area (Å²) in [6.07, 6.45) is 8.15. The molecule has 0 atom stereocenters. The van der Waals surface area contributed by atoms with Crippen LogP contribution in [0.1, 0.15) is 29.2 Å². The molecule has 0 saturated heterocycles. The van der Waals surface area contributed by atoms with Gasteiger partial charge < -0.3 is 0 Å². The molecule has 0 N–H and O–H groups in total. The number of benzene rings is 2. The summed E-state index contributed by atoms with van der Waals surface area (Å²) < 4.78 is 0. The summed E-state index contributed by atoms with van der Waals surface area (Å²) in [5.41, 5.74) is 10.8. The van der Waals surface area contributed by atoms with Gasteiger partial charge >= 0.3 is 0 Å². The maximum atomic E-state index is 3.64. The van der Waals surface area contributed by atoms with Crippen molar-refractivity contribution in [1.29, 1.82) is 0 Å². The monoisotopic (exact) mass is 288 g/mol. The van der Waals surface area contributed by atoms with E-state index in [0.29, 0.717) is 0 Å². The van der Waals surface area contributed by atoms with Crippen LogP contribution in [-0.2, 0) is 12.8 Å². The number of rotatable bonds is 5. The quantitative estimate of drug-likeness (QED) is 0.469. The van der Waals surface area contributed by atoms with E-state index in [1.807, 2.05) is 6.08 Å². The summed E-state index contributed by atoms with van der Waals surface area (Å²) >= 11 is 0. The second-order valence-electron chi connectivity index (χ2n) is 5.68. The molecule has 2 aromatic carbocycles. The Morgan fingerprint density at radius 3 is 1.95 bits per heavy atom. The van der Waals surface area contributed by atoms with E-state index < -0.39 is 0 Å². The molecule has 2 aromatic rings. The fraction of sp³-hybridized carbons (Fsp3) is 0.227. The van der Waals surface area contributed by atoms with E-state index in [9.17, 15) is 0 Å². The molecule has 0 unspecified atom stereocenters. The first-order valence-corrected chi connectivity index (χ1v) is 7.80. The van der Waals surface area contributed by atoms with Crippen LogP contribution in [0.3, 0.4) is 0 Å². The van der Waals surface area contributed by atoms with Gasteiger partial charge in [-0.2, -0.15) is 0 Å². The summed E-state index contributed by atoms with van der Waals surface area (Å²) in [6.45, 7) is 10.1. The van der Waals surface area contributed by atoms with Crippen molar-refractivity contribution in [2.75, 3.05) is 0 Å².